The normalized spacial score (nSPS) is 10.7. The molecule has 2 rings (SSSR count). The van der Waals surface area contributed by atoms with Gasteiger partial charge in [-0.25, -0.2) is 9.97 Å². The topological polar surface area (TPSA) is 50.3 Å². The average molecular weight is 314 g/mol. The number of anilines is 3. The highest BCUT2D eigenvalue weighted by Gasteiger charge is 2.05. The lowest BCUT2D eigenvalue weighted by Crippen LogP contribution is -2.19. The van der Waals surface area contributed by atoms with Crippen LogP contribution in [0, 0.1) is 0 Å². The summed E-state index contributed by atoms with van der Waals surface area (Å²) in [6, 6.07) is 9.85. The van der Waals surface area contributed by atoms with Crippen LogP contribution in [0.1, 0.15) is 33.6 Å². The first kappa shape index (κ1) is 17.1. The molecular weight excluding hydrogens is 288 g/mol. The molecule has 0 atom stereocenters. The molecule has 5 heteroatoms. The molecule has 124 valence electrons. The molecule has 1 aromatic carbocycles. The van der Waals surface area contributed by atoms with Crippen molar-refractivity contribution in [1.82, 2.24) is 9.97 Å². The summed E-state index contributed by atoms with van der Waals surface area (Å²) in [6.07, 6.45) is 4.10. The maximum atomic E-state index is 5.65. The van der Waals surface area contributed by atoms with Gasteiger partial charge in [-0.1, -0.05) is 13.3 Å². The highest BCUT2D eigenvalue weighted by atomic mass is 16.5. The van der Waals surface area contributed by atoms with Gasteiger partial charge in [-0.2, -0.15) is 0 Å². The van der Waals surface area contributed by atoms with Crippen molar-refractivity contribution in [1.29, 1.82) is 0 Å². The van der Waals surface area contributed by atoms with E-state index in [1.807, 2.05) is 44.2 Å². The SMILES string of the molecule is CCCCN(C)c1cc(Nc2ccc(OC(C)C)cc2)ncn1. The van der Waals surface area contributed by atoms with Gasteiger partial charge < -0.3 is 15.0 Å². The lowest BCUT2D eigenvalue weighted by molar-refractivity contribution is 0.242. The van der Waals surface area contributed by atoms with Crippen molar-refractivity contribution in [2.24, 2.45) is 0 Å². The molecule has 0 aliphatic heterocycles. The van der Waals surface area contributed by atoms with Gasteiger partial charge in [0.2, 0.25) is 0 Å². The van der Waals surface area contributed by atoms with Crippen LogP contribution in [0.15, 0.2) is 36.7 Å². The quantitative estimate of drug-likeness (QED) is 0.789. The van der Waals surface area contributed by atoms with E-state index in [0.717, 1.165) is 36.0 Å². The van der Waals surface area contributed by atoms with Crippen LogP contribution >= 0.6 is 0 Å². The molecule has 0 fully saturated rings. The molecule has 2 aromatic rings. The van der Waals surface area contributed by atoms with Crippen molar-refractivity contribution in [3.05, 3.63) is 36.7 Å². The highest BCUT2D eigenvalue weighted by Crippen LogP contribution is 2.21. The first-order chi connectivity index (χ1) is 11.1. The predicted octanol–water partition coefficient (Wildman–Crippen LogP) is 4.24. The van der Waals surface area contributed by atoms with Gasteiger partial charge in [0.1, 0.15) is 23.7 Å². The fourth-order valence-electron chi connectivity index (χ4n) is 2.17. The minimum Gasteiger partial charge on any atom is -0.491 e. The van der Waals surface area contributed by atoms with E-state index < -0.39 is 0 Å². The van der Waals surface area contributed by atoms with Crippen molar-refractivity contribution in [2.45, 2.75) is 39.7 Å². The standard InChI is InChI=1S/C18H26N4O/c1-5-6-11-22(4)18-12-17(19-13-20-18)21-15-7-9-16(10-8-15)23-14(2)3/h7-10,12-14H,5-6,11H2,1-4H3,(H,19,20,21). The summed E-state index contributed by atoms with van der Waals surface area (Å²) in [7, 11) is 2.06. The van der Waals surface area contributed by atoms with E-state index in [1.54, 1.807) is 6.33 Å². The Morgan fingerprint density at radius 1 is 1.17 bits per heavy atom. The van der Waals surface area contributed by atoms with Gasteiger partial charge in [0.15, 0.2) is 0 Å². The number of nitrogens with one attached hydrogen (secondary N) is 1. The van der Waals surface area contributed by atoms with E-state index in [9.17, 15) is 0 Å². The number of nitrogens with zero attached hydrogens (tertiary/aromatic N) is 3. The van der Waals surface area contributed by atoms with Crippen LogP contribution in [0.2, 0.25) is 0 Å². The van der Waals surface area contributed by atoms with E-state index >= 15 is 0 Å². The van der Waals surface area contributed by atoms with Crippen LogP contribution in [0.5, 0.6) is 5.75 Å². The molecule has 0 aliphatic carbocycles. The van der Waals surface area contributed by atoms with Crippen molar-refractivity contribution in [2.75, 3.05) is 23.8 Å². The summed E-state index contributed by atoms with van der Waals surface area (Å²) in [5, 5.41) is 3.30. The zero-order valence-electron chi connectivity index (χ0n) is 14.4. The van der Waals surface area contributed by atoms with Crippen LogP contribution in [0.3, 0.4) is 0 Å². The number of ether oxygens (including phenoxy) is 1. The Morgan fingerprint density at radius 2 is 1.91 bits per heavy atom. The molecule has 0 saturated heterocycles. The van der Waals surface area contributed by atoms with Gasteiger partial charge in [0, 0.05) is 25.3 Å². The third-order valence-corrected chi connectivity index (χ3v) is 3.39. The van der Waals surface area contributed by atoms with Gasteiger partial charge in [-0.3, -0.25) is 0 Å². The Hall–Kier alpha value is -2.30. The second-order valence-corrected chi connectivity index (χ2v) is 5.85. The molecule has 5 nitrogen and oxygen atoms in total. The molecule has 0 unspecified atom stereocenters. The molecule has 0 saturated carbocycles. The number of rotatable bonds is 8. The van der Waals surface area contributed by atoms with E-state index in [-0.39, 0.29) is 6.10 Å². The van der Waals surface area contributed by atoms with Crippen LogP contribution in [0.4, 0.5) is 17.3 Å². The van der Waals surface area contributed by atoms with E-state index in [2.05, 4.69) is 34.2 Å². The maximum Gasteiger partial charge on any atom is 0.135 e. The van der Waals surface area contributed by atoms with Gasteiger partial charge in [-0.05, 0) is 44.5 Å². The second-order valence-electron chi connectivity index (χ2n) is 5.85. The Kier molecular flexibility index (Phi) is 6.20. The summed E-state index contributed by atoms with van der Waals surface area (Å²) >= 11 is 0. The van der Waals surface area contributed by atoms with Crippen molar-refractivity contribution < 1.29 is 4.74 Å². The van der Waals surface area contributed by atoms with Crippen molar-refractivity contribution in [3.8, 4) is 5.75 Å². The monoisotopic (exact) mass is 314 g/mol. The molecule has 1 N–H and O–H groups in total. The summed E-state index contributed by atoms with van der Waals surface area (Å²) in [6.45, 7) is 7.22. The van der Waals surface area contributed by atoms with Gasteiger partial charge in [0.05, 0.1) is 6.10 Å². The minimum atomic E-state index is 0.178. The smallest absolute Gasteiger partial charge is 0.135 e. The van der Waals surface area contributed by atoms with E-state index in [0.29, 0.717) is 0 Å². The average Bonchev–Trinajstić information content (AvgIpc) is 2.54. The Balaban J connectivity index is 2.02. The largest absolute Gasteiger partial charge is 0.491 e. The lowest BCUT2D eigenvalue weighted by Gasteiger charge is -2.18. The molecular formula is C18H26N4O. The summed E-state index contributed by atoms with van der Waals surface area (Å²) < 4.78 is 5.65. The number of hydrogen-bond donors (Lipinski definition) is 1. The molecule has 0 bridgehead atoms. The molecule has 23 heavy (non-hydrogen) atoms. The molecule has 1 aromatic heterocycles. The summed E-state index contributed by atoms with van der Waals surface area (Å²) in [5.41, 5.74) is 0.974. The van der Waals surface area contributed by atoms with Crippen LogP contribution < -0.4 is 15.0 Å². The molecule has 1 heterocycles. The summed E-state index contributed by atoms with van der Waals surface area (Å²) in [5.74, 6) is 2.58. The third kappa shape index (κ3) is 5.43. The zero-order valence-corrected chi connectivity index (χ0v) is 14.4. The van der Waals surface area contributed by atoms with Crippen molar-refractivity contribution in [3.63, 3.8) is 0 Å². The first-order valence-corrected chi connectivity index (χ1v) is 8.15. The van der Waals surface area contributed by atoms with Crippen LogP contribution in [-0.4, -0.2) is 29.7 Å². The van der Waals surface area contributed by atoms with Gasteiger partial charge in [-0.15, -0.1) is 0 Å². The third-order valence-electron chi connectivity index (χ3n) is 3.39. The molecule has 0 radical (unpaired) electrons. The Labute approximate surface area is 138 Å². The second kappa shape index (κ2) is 8.36. The van der Waals surface area contributed by atoms with Gasteiger partial charge in [0.25, 0.3) is 0 Å². The molecule has 0 spiro atoms. The fourth-order valence-corrected chi connectivity index (χ4v) is 2.17. The van der Waals surface area contributed by atoms with Crippen molar-refractivity contribution >= 4 is 17.3 Å². The first-order valence-electron chi connectivity index (χ1n) is 8.15. The Morgan fingerprint density at radius 3 is 2.57 bits per heavy atom. The molecule has 0 aliphatic rings. The fraction of sp³-hybridized carbons (Fsp3) is 0.444. The zero-order chi connectivity index (χ0) is 16.7. The highest BCUT2D eigenvalue weighted by molar-refractivity contribution is 5.59. The number of unbranched alkanes of at least 4 members (excludes halogenated alkanes) is 1. The maximum absolute atomic E-state index is 5.65. The van der Waals surface area contributed by atoms with Crippen LogP contribution in [-0.2, 0) is 0 Å². The number of benzene rings is 1. The number of hydrogen-bond acceptors (Lipinski definition) is 5. The van der Waals surface area contributed by atoms with Crippen LogP contribution in [0.25, 0.3) is 0 Å². The van der Waals surface area contributed by atoms with Gasteiger partial charge >= 0.3 is 0 Å². The number of aromatic nitrogens is 2. The Bertz CT molecular complexity index is 598. The van der Waals surface area contributed by atoms with E-state index in [4.69, 9.17) is 4.74 Å². The predicted molar refractivity (Wildman–Crippen MR) is 95.7 cm³/mol. The minimum absolute atomic E-state index is 0.178. The van der Waals surface area contributed by atoms with E-state index in [1.165, 1.54) is 6.42 Å². The lowest BCUT2D eigenvalue weighted by atomic mass is 10.3. The molecule has 0 amide bonds. The summed E-state index contributed by atoms with van der Waals surface area (Å²) in [4.78, 5) is 10.8.